The van der Waals surface area contributed by atoms with E-state index in [4.69, 9.17) is 21.1 Å². The highest BCUT2D eigenvalue weighted by molar-refractivity contribution is 6.34. The standard InChI is InChI=1S/C27H23ClN2O4/c1-16-8-10-21-19(12-16)26(18-6-4-5-7-20(18)28)22(15-29-21)30-25(31)11-9-17-13-23(33-2)27(32)24(14-17)34-3/h4-15,32H,1-3H3,(H,30,31). The maximum Gasteiger partial charge on any atom is 0.248 e. The molecule has 0 radical (unpaired) electrons. The fourth-order valence-corrected chi connectivity index (χ4v) is 3.94. The number of nitrogens with one attached hydrogen (secondary N) is 1. The summed E-state index contributed by atoms with van der Waals surface area (Å²) >= 11 is 6.53. The molecule has 4 rings (SSSR count). The molecule has 0 saturated heterocycles. The summed E-state index contributed by atoms with van der Waals surface area (Å²) in [6.45, 7) is 2.00. The van der Waals surface area contributed by atoms with Crippen LogP contribution in [0, 0.1) is 6.92 Å². The maximum absolute atomic E-state index is 12.9. The van der Waals surface area contributed by atoms with Gasteiger partial charge in [-0.1, -0.05) is 41.4 Å². The minimum Gasteiger partial charge on any atom is -0.502 e. The summed E-state index contributed by atoms with van der Waals surface area (Å²) in [4.78, 5) is 17.4. The number of methoxy groups -OCH3 is 2. The van der Waals surface area contributed by atoms with Crippen molar-refractivity contribution in [3.8, 4) is 28.4 Å². The van der Waals surface area contributed by atoms with Crippen LogP contribution in [0.4, 0.5) is 5.69 Å². The number of anilines is 1. The van der Waals surface area contributed by atoms with Crippen molar-refractivity contribution >= 4 is 40.2 Å². The predicted octanol–water partition coefficient (Wildman–Crippen LogP) is 6.24. The fraction of sp³-hybridized carbons (Fsp3) is 0.111. The first-order chi connectivity index (χ1) is 16.4. The molecule has 4 aromatic rings. The summed E-state index contributed by atoms with van der Waals surface area (Å²) in [7, 11) is 2.89. The molecule has 1 amide bonds. The number of nitrogens with zero attached hydrogens (tertiary/aromatic N) is 1. The summed E-state index contributed by atoms with van der Waals surface area (Å²) in [5.41, 5.74) is 4.64. The van der Waals surface area contributed by atoms with Crippen LogP contribution in [0.25, 0.3) is 28.1 Å². The van der Waals surface area contributed by atoms with Gasteiger partial charge in [-0.15, -0.1) is 0 Å². The number of aromatic nitrogens is 1. The fourth-order valence-electron chi connectivity index (χ4n) is 3.71. The molecule has 1 aromatic heterocycles. The van der Waals surface area contributed by atoms with Crippen molar-refractivity contribution in [3.05, 3.63) is 83.0 Å². The average Bonchev–Trinajstić information content (AvgIpc) is 2.83. The highest BCUT2D eigenvalue weighted by atomic mass is 35.5. The Bertz CT molecular complexity index is 1390. The van der Waals surface area contributed by atoms with Crippen molar-refractivity contribution in [1.29, 1.82) is 0 Å². The molecule has 1 heterocycles. The molecule has 172 valence electrons. The maximum atomic E-state index is 12.9. The zero-order valence-electron chi connectivity index (χ0n) is 18.9. The largest absolute Gasteiger partial charge is 0.502 e. The quantitative estimate of drug-likeness (QED) is 0.323. The van der Waals surface area contributed by atoms with Gasteiger partial charge in [-0.3, -0.25) is 9.78 Å². The first-order valence-corrected chi connectivity index (χ1v) is 10.9. The van der Waals surface area contributed by atoms with Crippen LogP contribution in [-0.2, 0) is 4.79 Å². The highest BCUT2D eigenvalue weighted by Crippen LogP contribution is 2.39. The molecule has 0 spiro atoms. The van der Waals surface area contributed by atoms with Crippen molar-refractivity contribution in [2.24, 2.45) is 0 Å². The summed E-state index contributed by atoms with van der Waals surface area (Å²) < 4.78 is 10.3. The topological polar surface area (TPSA) is 80.7 Å². The zero-order chi connectivity index (χ0) is 24.2. The van der Waals surface area contributed by atoms with E-state index < -0.39 is 0 Å². The Kier molecular flexibility index (Phi) is 6.70. The van der Waals surface area contributed by atoms with E-state index in [0.29, 0.717) is 16.3 Å². The number of phenols is 1. The van der Waals surface area contributed by atoms with Crippen LogP contribution in [-0.4, -0.2) is 30.2 Å². The number of halogens is 1. The van der Waals surface area contributed by atoms with E-state index in [0.717, 1.165) is 27.6 Å². The molecule has 0 unspecified atom stereocenters. The molecule has 0 aliphatic carbocycles. The SMILES string of the molecule is COc1cc(C=CC(=O)Nc2cnc3ccc(C)cc3c2-c2ccccc2Cl)cc(OC)c1O. The van der Waals surface area contributed by atoms with Gasteiger partial charge >= 0.3 is 0 Å². The van der Waals surface area contributed by atoms with E-state index in [1.807, 2.05) is 49.4 Å². The first-order valence-electron chi connectivity index (χ1n) is 10.5. The summed E-state index contributed by atoms with van der Waals surface area (Å²) in [6, 6.07) is 16.7. The van der Waals surface area contributed by atoms with E-state index in [-0.39, 0.29) is 23.2 Å². The molecule has 34 heavy (non-hydrogen) atoms. The van der Waals surface area contributed by atoms with Gasteiger partial charge in [-0.25, -0.2) is 0 Å². The van der Waals surface area contributed by atoms with Gasteiger partial charge in [-0.2, -0.15) is 0 Å². The molecule has 0 fully saturated rings. The lowest BCUT2D eigenvalue weighted by Gasteiger charge is -2.15. The van der Waals surface area contributed by atoms with Gasteiger partial charge in [0.2, 0.25) is 11.7 Å². The number of ether oxygens (including phenoxy) is 2. The van der Waals surface area contributed by atoms with Crippen LogP contribution in [0.5, 0.6) is 17.2 Å². The lowest BCUT2D eigenvalue weighted by molar-refractivity contribution is -0.111. The Balaban J connectivity index is 1.72. The number of aryl methyl sites for hydroxylation is 1. The van der Waals surface area contributed by atoms with Gasteiger partial charge in [0.1, 0.15) is 0 Å². The van der Waals surface area contributed by atoms with Crippen molar-refractivity contribution in [1.82, 2.24) is 4.98 Å². The molecular weight excluding hydrogens is 452 g/mol. The van der Waals surface area contributed by atoms with Crippen LogP contribution >= 0.6 is 11.6 Å². The summed E-state index contributed by atoms with van der Waals surface area (Å²) in [5.74, 6) is 0.0330. The number of benzene rings is 3. The lowest BCUT2D eigenvalue weighted by Crippen LogP contribution is -2.09. The number of rotatable bonds is 6. The van der Waals surface area contributed by atoms with E-state index in [9.17, 15) is 9.90 Å². The van der Waals surface area contributed by atoms with E-state index in [2.05, 4.69) is 10.3 Å². The molecular formula is C27H23ClN2O4. The zero-order valence-corrected chi connectivity index (χ0v) is 19.7. The second-order valence-electron chi connectivity index (χ2n) is 7.64. The van der Waals surface area contributed by atoms with Gasteiger partial charge in [-0.05, 0) is 48.9 Å². The normalized spacial score (nSPS) is 11.1. The molecule has 7 heteroatoms. The average molecular weight is 475 g/mol. The lowest BCUT2D eigenvalue weighted by atomic mass is 9.98. The summed E-state index contributed by atoms with van der Waals surface area (Å²) in [5, 5.41) is 14.5. The van der Waals surface area contributed by atoms with Crippen molar-refractivity contribution in [3.63, 3.8) is 0 Å². The minimum absolute atomic E-state index is 0.103. The number of carbonyl (C=O) groups excluding carboxylic acids is 1. The second-order valence-corrected chi connectivity index (χ2v) is 8.05. The third-order valence-corrected chi connectivity index (χ3v) is 5.68. The Morgan fingerprint density at radius 2 is 1.76 bits per heavy atom. The van der Waals surface area contributed by atoms with Gasteiger partial charge < -0.3 is 19.9 Å². The van der Waals surface area contributed by atoms with Gasteiger partial charge in [0, 0.05) is 27.6 Å². The van der Waals surface area contributed by atoms with E-state index >= 15 is 0 Å². The molecule has 0 saturated carbocycles. The second kappa shape index (κ2) is 9.85. The molecule has 0 atom stereocenters. The number of hydrogen-bond acceptors (Lipinski definition) is 5. The Labute approximate surface area is 202 Å². The van der Waals surface area contributed by atoms with Crippen LogP contribution in [0.15, 0.2) is 66.9 Å². The molecule has 6 nitrogen and oxygen atoms in total. The smallest absolute Gasteiger partial charge is 0.248 e. The predicted molar refractivity (Wildman–Crippen MR) is 136 cm³/mol. The number of hydrogen-bond donors (Lipinski definition) is 2. The Hall–Kier alpha value is -4.03. The van der Waals surface area contributed by atoms with Gasteiger partial charge in [0.25, 0.3) is 0 Å². The Morgan fingerprint density at radius 1 is 1.06 bits per heavy atom. The number of pyridine rings is 1. The number of amides is 1. The van der Waals surface area contributed by atoms with Gasteiger partial charge in [0.05, 0.1) is 31.6 Å². The minimum atomic E-state index is -0.354. The van der Waals surface area contributed by atoms with E-state index in [1.54, 1.807) is 24.4 Å². The van der Waals surface area contributed by atoms with E-state index in [1.165, 1.54) is 20.3 Å². The molecule has 0 aliphatic rings. The molecule has 2 N–H and O–H groups in total. The van der Waals surface area contributed by atoms with Crippen LogP contribution in [0.1, 0.15) is 11.1 Å². The first kappa shape index (κ1) is 23.1. The molecule has 0 bridgehead atoms. The number of fused-ring (bicyclic) bond motifs is 1. The number of phenolic OH excluding ortho intramolecular Hbond substituents is 1. The van der Waals surface area contributed by atoms with Gasteiger partial charge in [0.15, 0.2) is 11.5 Å². The molecule has 0 aliphatic heterocycles. The van der Waals surface area contributed by atoms with Crippen molar-refractivity contribution in [2.75, 3.05) is 19.5 Å². The number of aromatic hydroxyl groups is 1. The summed E-state index contributed by atoms with van der Waals surface area (Å²) in [6.07, 6.45) is 4.63. The van der Waals surface area contributed by atoms with Crippen LogP contribution in [0.2, 0.25) is 5.02 Å². The van der Waals surface area contributed by atoms with Crippen molar-refractivity contribution in [2.45, 2.75) is 6.92 Å². The van der Waals surface area contributed by atoms with Crippen molar-refractivity contribution < 1.29 is 19.4 Å². The molecule has 3 aromatic carbocycles. The number of carbonyl (C=O) groups is 1. The van der Waals surface area contributed by atoms with Crippen LogP contribution in [0.3, 0.4) is 0 Å². The monoisotopic (exact) mass is 474 g/mol. The Morgan fingerprint density at radius 3 is 2.44 bits per heavy atom. The highest BCUT2D eigenvalue weighted by Gasteiger charge is 2.16. The third-order valence-electron chi connectivity index (χ3n) is 5.35. The van der Waals surface area contributed by atoms with Crippen LogP contribution < -0.4 is 14.8 Å². The third kappa shape index (κ3) is 4.67.